The first-order valence-corrected chi connectivity index (χ1v) is 5.31. The molecule has 5 N–H and O–H groups in total. The number of nitrogens with one attached hydrogen (secondary N) is 1. The number of carbonyl (C=O) groups is 2. The quantitative estimate of drug-likeness (QED) is 0.291. The van der Waals surface area contributed by atoms with Gasteiger partial charge in [0.2, 0.25) is 0 Å². The summed E-state index contributed by atoms with van der Waals surface area (Å²) in [6.07, 6.45) is 0. The van der Waals surface area contributed by atoms with Crippen LogP contribution in [0.15, 0.2) is 30.3 Å². The molecule has 2 aromatic carbocycles. The minimum atomic E-state index is -0.480. The van der Waals surface area contributed by atoms with Crippen molar-refractivity contribution < 1.29 is 9.59 Å². The number of anilines is 1. The van der Waals surface area contributed by atoms with Gasteiger partial charge in [-0.2, -0.15) is 10.5 Å². The van der Waals surface area contributed by atoms with Crippen molar-refractivity contribution in [2.45, 2.75) is 0 Å². The van der Waals surface area contributed by atoms with Crippen LogP contribution in [0.2, 0.25) is 0 Å². The van der Waals surface area contributed by atoms with Crippen LogP contribution in [0.5, 0.6) is 0 Å². The Balaban J connectivity index is 2.46. The third kappa shape index (κ3) is 1.18. The fourth-order valence-corrected chi connectivity index (χ4v) is 2.24. The van der Waals surface area contributed by atoms with E-state index in [0.29, 0.717) is 27.6 Å². The summed E-state index contributed by atoms with van der Waals surface area (Å²) in [5.41, 5.74) is 9.31. The van der Waals surface area contributed by atoms with E-state index in [2.05, 4.69) is 5.53 Å². The van der Waals surface area contributed by atoms with Crippen LogP contribution in [0.3, 0.4) is 0 Å². The van der Waals surface area contributed by atoms with Crippen LogP contribution in [0.1, 0.15) is 20.7 Å². The molecule has 3 rings (SSSR count). The molecular weight excluding hydrogens is 232 g/mol. The van der Waals surface area contributed by atoms with Gasteiger partial charge in [-0.05, 0) is 18.2 Å². The van der Waals surface area contributed by atoms with Crippen LogP contribution in [-0.2, 0) is 0 Å². The number of carbonyl (C=O) groups excluding carboxylic acids is 2. The van der Waals surface area contributed by atoms with Crippen molar-refractivity contribution in [3.63, 3.8) is 0 Å². The van der Waals surface area contributed by atoms with E-state index in [1.165, 1.54) is 0 Å². The van der Waals surface area contributed by atoms with E-state index in [1.54, 1.807) is 30.3 Å². The molecule has 0 radical (unpaired) electrons. The summed E-state index contributed by atoms with van der Waals surface area (Å²) in [7, 11) is 0. The summed E-state index contributed by atoms with van der Waals surface area (Å²) in [4.78, 5) is 24.2. The predicted molar refractivity (Wildman–Crippen MR) is 66.2 cm³/mol. The van der Waals surface area contributed by atoms with Crippen molar-refractivity contribution >= 4 is 28.3 Å². The van der Waals surface area contributed by atoms with Gasteiger partial charge in [0.15, 0.2) is 0 Å². The van der Waals surface area contributed by atoms with Crippen LogP contribution in [-0.4, -0.2) is 16.8 Å². The van der Waals surface area contributed by atoms with Crippen LogP contribution < -0.4 is 17.1 Å². The van der Waals surface area contributed by atoms with Crippen LogP contribution in [0.25, 0.3) is 10.8 Å². The topological polar surface area (TPSA) is 101 Å². The van der Waals surface area contributed by atoms with Gasteiger partial charge in [0, 0.05) is 16.5 Å². The van der Waals surface area contributed by atoms with Gasteiger partial charge in [-0.3, -0.25) is 15.4 Å². The minimum absolute atomic E-state index is 0.410. The number of nitrogens with two attached hydrogens (primary N) is 2. The maximum absolute atomic E-state index is 12.1. The molecule has 90 valence electrons. The van der Waals surface area contributed by atoms with E-state index in [9.17, 15) is 9.59 Å². The molecule has 0 spiro atoms. The first-order valence-electron chi connectivity index (χ1n) is 5.31. The monoisotopic (exact) mass is 242 g/mol. The van der Waals surface area contributed by atoms with E-state index in [0.717, 1.165) is 5.01 Å². The summed E-state index contributed by atoms with van der Waals surface area (Å²) in [6.45, 7) is 0. The normalized spacial score (nSPS) is 14.4. The molecule has 6 heteroatoms. The number of hydrogen-bond donors (Lipinski definition) is 3. The number of rotatable bonds is 1. The third-order valence-electron chi connectivity index (χ3n) is 3.07. The molecule has 1 aliphatic rings. The second-order valence-electron chi connectivity index (χ2n) is 4.01. The molecule has 2 amide bonds. The summed E-state index contributed by atoms with van der Waals surface area (Å²) in [5, 5.41) is 2.06. The number of benzene rings is 2. The lowest BCUT2D eigenvalue weighted by molar-refractivity contribution is 0.0522. The molecule has 0 saturated heterocycles. The highest BCUT2D eigenvalue weighted by atomic mass is 16.2. The Morgan fingerprint density at radius 1 is 1.00 bits per heavy atom. The standard InChI is InChI=1S/C12H10N4O2/c13-9-5-4-8-10-6(9)2-1-3-7(10)11(17)16(15-14)12(8)18/h1-5,15H,13-14H2. The molecule has 0 fully saturated rings. The molecule has 0 aromatic heterocycles. The van der Waals surface area contributed by atoms with E-state index < -0.39 is 11.8 Å². The Bertz CT molecular complexity index is 674. The number of nitrogen functional groups attached to an aromatic ring is 1. The van der Waals surface area contributed by atoms with Gasteiger partial charge < -0.3 is 5.73 Å². The maximum atomic E-state index is 12.1. The van der Waals surface area contributed by atoms with Gasteiger partial charge in [0.1, 0.15) is 0 Å². The minimum Gasteiger partial charge on any atom is -0.398 e. The van der Waals surface area contributed by atoms with Crippen molar-refractivity contribution in [3.05, 3.63) is 41.5 Å². The average molecular weight is 242 g/mol. The van der Waals surface area contributed by atoms with Gasteiger partial charge in [-0.1, -0.05) is 12.1 Å². The highest BCUT2D eigenvalue weighted by molar-refractivity contribution is 6.26. The Morgan fingerprint density at radius 3 is 2.33 bits per heavy atom. The van der Waals surface area contributed by atoms with Gasteiger partial charge in [0.05, 0.1) is 11.1 Å². The smallest absolute Gasteiger partial charge is 0.277 e. The van der Waals surface area contributed by atoms with Crippen molar-refractivity contribution in [3.8, 4) is 0 Å². The lowest BCUT2D eigenvalue weighted by atomic mass is 9.94. The van der Waals surface area contributed by atoms with Crippen molar-refractivity contribution in [1.82, 2.24) is 10.5 Å². The zero-order chi connectivity index (χ0) is 12.9. The zero-order valence-corrected chi connectivity index (χ0v) is 9.31. The Morgan fingerprint density at radius 2 is 1.67 bits per heavy atom. The fraction of sp³-hybridized carbons (Fsp3) is 0. The molecule has 0 unspecified atom stereocenters. The SMILES string of the molecule is NNN1C(=O)c2cccc3c(N)ccc(c23)C1=O. The Kier molecular flexibility index (Phi) is 2.09. The van der Waals surface area contributed by atoms with E-state index >= 15 is 0 Å². The zero-order valence-electron chi connectivity index (χ0n) is 9.31. The summed E-state index contributed by atoms with van der Waals surface area (Å²) >= 11 is 0. The molecular formula is C12H10N4O2. The number of imide groups is 1. The molecule has 2 aromatic rings. The molecule has 0 atom stereocenters. The highest BCUT2D eigenvalue weighted by Gasteiger charge is 2.32. The van der Waals surface area contributed by atoms with Gasteiger partial charge in [0.25, 0.3) is 11.8 Å². The molecule has 0 aliphatic carbocycles. The molecule has 1 aliphatic heterocycles. The second-order valence-corrected chi connectivity index (χ2v) is 4.01. The lowest BCUT2D eigenvalue weighted by Gasteiger charge is -2.25. The number of hydrogen-bond acceptors (Lipinski definition) is 5. The van der Waals surface area contributed by atoms with E-state index in [4.69, 9.17) is 11.6 Å². The van der Waals surface area contributed by atoms with Gasteiger partial charge >= 0.3 is 0 Å². The lowest BCUT2D eigenvalue weighted by Crippen LogP contribution is -2.52. The number of nitrogens with zero attached hydrogens (tertiary/aromatic N) is 1. The molecule has 6 nitrogen and oxygen atoms in total. The van der Waals surface area contributed by atoms with Crippen LogP contribution in [0, 0.1) is 0 Å². The molecule has 0 saturated carbocycles. The summed E-state index contributed by atoms with van der Waals surface area (Å²) < 4.78 is 0. The predicted octanol–water partition coefficient (Wildman–Crippen LogP) is 0.396. The van der Waals surface area contributed by atoms with E-state index in [-0.39, 0.29) is 0 Å². The highest BCUT2D eigenvalue weighted by Crippen LogP contribution is 2.32. The van der Waals surface area contributed by atoms with Crippen LogP contribution >= 0.6 is 0 Å². The van der Waals surface area contributed by atoms with Crippen molar-refractivity contribution in [2.75, 3.05) is 5.73 Å². The Labute approximate surface area is 102 Å². The van der Waals surface area contributed by atoms with E-state index in [1.807, 2.05) is 0 Å². The second kappa shape index (κ2) is 3.52. The molecule has 1 heterocycles. The van der Waals surface area contributed by atoms with Crippen molar-refractivity contribution in [2.24, 2.45) is 5.84 Å². The van der Waals surface area contributed by atoms with Crippen LogP contribution in [0.4, 0.5) is 5.69 Å². The fourth-order valence-electron chi connectivity index (χ4n) is 2.24. The molecule has 18 heavy (non-hydrogen) atoms. The largest absolute Gasteiger partial charge is 0.398 e. The number of amides is 2. The maximum Gasteiger partial charge on any atom is 0.277 e. The summed E-state index contributed by atoms with van der Waals surface area (Å²) in [6, 6.07) is 8.39. The number of hydrazine groups is 2. The Hall–Kier alpha value is -2.44. The average Bonchev–Trinajstić information content (AvgIpc) is 2.38. The molecule has 0 bridgehead atoms. The first kappa shape index (κ1) is 10.7. The van der Waals surface area contributed by atoms with Gasteiger partial charge in [-0.25, -0.2) is 0 Å². The third-order valence-corrected chi connectivity index (χ3v) is 3.07. The summed E-state index contributed by atoms with van der Waals surface area (Å²) in [5.74, 6) is 4.25. The van der Waals surface area contributed by atoms with Gasteiger partial charge in [-0.15, -0.1) is 0 Å². The first-order chi connectivity index (χ1) is 8.65. The van der Waals surface area contributed by atoms with Crippen molar-refractivity contribution in [1.29, 1.82) is 0 Å².